The molecule has 0 aromatic heterocycles. The van der Waals surface area contributed by atoms with Crippen molar-refractivity contribution < 1.29 is 44.0 Å². The maximum Gasteiger partial charge on any atom is 0.339 e. The van der Waals surface area contributed by atoms with Crippen molar-refractivity contribution in [3.8, 4) is 0 Å². The zero-order chi connectivity index (χ0) is 21.0. The Bertz CT molecular complexity index is 1000. The minimum Gasteiger partial charge on any atom is -0.478 e. The van der Waals surface area contributed by atoms with Gasteiger partial charge in [0.05, 0.1) is 28.9 Å². The van der Waals surface area contributed by atoms with Crippen molar-refractivity contribution in [1.29, 1.82) is 0 Å². The summed E-state index contributed by atoms with van der Waals surface area (Å²) in [4.78, 5) is 58.3. The van der Waals surface area contributed by atoms with Gasteiger partial charge in [-0.15, -0.1) is 0 Å². The van der Waals surface area contributed by atoms with Crippen LogP contribution in [0.4, 0.5) is 0 Å². The molecule has 3 N–H and O–H groups in total. The number of aromatic carboxylic acids is 3. The normalized spacial score (nSPS) is 10.2. The molecule has 144 valence electrons. The number of rotatable bonds is 7. The molecule has 28 heavy (non-hydrogen) atoms. The first kappa shape index (κ1) is 20.3. The molecule has 0 saturated carbocycles. The van der Waals surface area contributed by atoms with Gasteiger partial charge in [-0.3, -0.25) is 4.79 Å². The van der Waals surface area contributed by atoms with E-state index in [4.69, 9.17) is 14.9 Å². The number of carboxylic acid groups (broad SMARTS) is 3. The summed E-state index contributed by atoms with van der Waals surface area (Å²) < 4.78 is 4.80. The maximum atomic E-state index is 12.7. The van der Waals surface area contributed by atoms with E-state index in [2.05, 4.69) is 0 Å². The summed E-state index contributed by atoms with van der Waals surface area (Å²) in [7, 11) is 0. The molecule has 0 atom stereocenters. The Kier molecular flexibility index (Phi) is 5.89. The molecule has 0 radical (unpaired) electrons. The Morgan fingerprint density at radius 3 is 1.57 bits per heavy atom. The van der Waals surface area contributed by atoms with Crippen LogP contribution in [0.5, 0.6) is 0 Å². The number of hydrogen-bond acceptors (Lipinski definition) is 6. The number of carboxylic acids is 3. The SMILES string of the molecule is CCOC(=O)c1cc(C(=O)c2ccc(C(=O)O)c(C(=O)O)c2)ccc1C(=O)O. The van der Waals surface area contributed by atoms with E-state index < -0.39 is 40.8 Å². The highest BCUT2D eigenvalue weighted by atomic mass is 16.5. The van der Waals surface area contributed by atoms with Crippen LogP contribution in [-0.2, 0) is 4.74 Å². The van der Waals surface area contributed by atoms with E-state index in [0.717, 1.165) is 30.3 Å². The highest BCUT2D eigenvalue weighted by molar-refractivity contribution is 6.13. The Morgan fingerprint density at radius 2 is 1.14 bits per heavy atom. The second-order valence-electron chi connectivity index (χ2n) is 5.49. The molecule has 0 aliphatic heterocycles. The van der Waals surface area contributed by atoms with Gasteiger partial charge in [0.1, 0.15) is 0 Å². The van der Waals surface area contributed by atoms with Crippen LogP contribution in [0.3, 0.4) is 0 Å². The maximum absolute atomic E-state index is 12.7. The van der Waals surface area contributed by atoms with Crippen molar-refractivity contribution in [2.45, 2.75) is 6.92 Å². The second-order valence-corrected chi connectivity index (χ2v) is 5.49. The third kappa shape index (κ3) is 4.04. The van der Waals surface area contributed by atoms with Gasteiger partial charge in [0.2, 0.25) is 0 Å². The molecule has 0 aliphatic carbocycles. The lowest BCUT2D eigenvalue weighted by Crippen LogP contribution is -2.14. The smallest absolute Gasteiger partial charge is 0.339 e. The monoisotopic (exact) mass is 386 g/mol. The lowest BCUT2D eigenvalue weighted by Gasteiger charge is -2.09. The number of hydrogen-bond donors (Lipinski definition) is 3. The number of esters is 1. The molecule has 0 spiro atoms. The molecule has 9 nitrogen and oxygen atoms in total. The van der Waals surface area contributed by atoms with Gasteiger partial charge in [-0.2, -0.15) is 0 Å². The fourth-order valence-corrected chi connectivity index (χ4v) is 2.47. The molecule has 2 rings (SSSR count). The van der Waals surface area contributed by atoms with Crippen LogP contribution in [0.1, 0.15) is 64.3 Å². The zero-order valence-corrected chi connectivity index (χ0v) is 14.5. The van der Waals surface area contributed by atoms with Crippen molar-refractivity contribution in [3.05, 3.63) is 69.8 Å². The molecule has 0 heterocycles. The molecule has 0 saturated heterocycles. The van der Waals surface area contributed by atoms with Gasteiger partial charge in [0.25, 0.3) is 0 Å². The third-order valence-electron chi connectivity index (χ3n) is 3.75. The van der Waals surface area contributed by atoms with Crippen LogP contribution in [-0.4, -0.2) is 51.6 Å². The van der Waals surface area contributed by atoms with Gasteiger partial charge in [-0.1, -0.05) is 12.1 Å². The van der Waals surface area contributed by atoms with E-state index in [1.807, 2.05) is 0 Å². The Labute approximate surface area is 157 Å². The quantitative estimate of drug-likeness (QED) is 0.479. The van der Waals surface area contributed by atoms with Gasteiger partial charge < -0.3 is 20.1 Å². The van der Waals surface area contributed by atoms with Crippen LogP contribution >= 0.6 is 0 Å². The van der Waals surface area contributed by atoms with Crippen LogP contribution in [0.15, 0.2) is 36.4 Å². The average molecular weight is 386 g/mol. The summed E-state index contributed by atoms with van der Waals surface area (Å²) in [6, 6.07) is 6.29. The lowest BCUT2D eigenvalue weighted by atomic mass is 9.95. The van der Waals surface area contributed by atoms with Crippen LogP contribution in [0.25, 0.3) is 0 Å². The van der Waals surface area contributed by atoms with E-state index in [9.17, 15) is 29.1 Å². The van der Waals surface area contributed by atoms with E-state index in [1.165, 1.54) is 13.0 Å². The molecule has 2 aromatic rings. The van der Waals surface area contributed by atoms with Crippen molar-refractivity contribution in [2.24, 2.45) is 0 Å². The predicted molar refractivity (Wildman–Crippen MR) is 93.2 cm³/mol. The molecule has 9 heteroatoms. The predicted octanol–water partition coefficient (Wildman–Crippen LogP) is 2.19. The molecule has 0 aliphatic rings. The van der Waals surface area contributed by atoms with Gasteiger partial charge >= 0.3 is 23.9 Å². The van der Waals surface area contributed by atoms with E-state index in [0.29, 0.717) is 0 Å². The number of carbonyl (C=O) groups is 5. The van der Waals surface area contributed by atoms with Gasteiger partial charge in [-0.05, 0) is 31.2 Å². The molecule has 0 bridgehead atoms. The standard InChI is InChI=1S/C19H14O9/c1-2-28-19(27)14-8-10(4-6-12(14)17(23)24)15(20)9-3-5-11(16(21)22)13(7-9)18(25)26/h3-8H,2H2,1H3,(H,21,22)(H,23,24)(H,25,26). The first-order chi connectivity index (χ1) is 13.2. The highest BCUT2D eigenvalue weighted by Gasteiger charge is 2.23. The molecule has 0 unspecified atom stereocenters. The molecular formula is C19H14O9. The molecule has 0 amide bonds. The Morgan fingerprint density at radius 1 is 0.714 bits per heavy atom. The van der Waals surface area contributed by atoms with Gasteiger partial charge in [-0.25, -0.2) is 19.2 Å². The van der Waals surface area contributed by atoms with Gasteiger partial charge in [0.15, 0.2) is 5.78 Å². The van der Waals surface area contributed by atoms with E-state index in [1.54, 1.807) is 0 Å². The average Bonchev–Trinajstić information content (AvgIpc) is 2.66. The van der Waals surface area contributed by atoms with E-state index in [-0.39, 0.29) is 28.9 Å². The summed E-state index contributed by atoms with van der Waals surface area (Å²) >= 11 is 0. The van der Waals surface area contributed by atoms with Crippen molar-refractivity contribution in [2.75, 3.05) is 6.61 Å². The van der Waals surface area contributed by atoms with Crippen molar-refractivity contribution in [3.63, 3.8) is 0 Å². The number of benzene rings is 2. The molecule has 0 fully saturated rings. The first-order valence-corrected chi connectivity index (χ1v) is 7.87. The molecule has 2 aromatic carbocycles. The highest BCUT2D eigenvalue weighted by Crippen LogP contribution is 2.20. The minimum absolute atomic E-state index is 0.00527. The largest absolute Gasteiger partial charge is 0.478 e. The van der Waals surface area contributed by atoms with Crippen molar-refractivity contribution in [1.82, 2.24) is 0 Å². The minimum atomic E-state index is -1.53. The second kappa shape index (κ2) is 8.12. The van der Waals surface area contributed by atoms with Crippen LogP contribution in [0, 0.1) is 0 Å². The summed E-state index contributed by atoms with van der Waals surface area (Å²) in [6.07, 6.45) is 0. The fraction of sp³-hybridized carbons (Fsp3) is 0.105. The summed E-state index contributed by atoms with van der Waals surface area (Å²) in [6.45, 7) is 1.53. The number of ether oxygens (including phenoxy) is 1. The lowest BCUT2D eigenvalue weighted by molar-refractivity contribution is 0.0514. The number of ketones is 1. The van der Waals surface area contributed by atoms with Crippen LogP contribution in [0.2, 0.25) is 0 Å². The third-order valence-corrected chi connectivity index (χ3v) is 3.75. The zero-order valence-electron chi connectivity index (χ0n) is 14.5. The fourth-order valence-electron chi connectivity index (χ4n) is 2.47. The Hall–Kier alpha value is -4.01. The Balaban J connectivity index is 2.55. The van der Waals surface area contributed by atoms with E-state index >= 15 is 0 Å². The number of carbonyl (C=O) groups excluding carboxylic acids is 2. The summed E-state index contributed by atoms with van der Waals surface area (Å²) in [5.74, 6) is -6.03. The summed E-state index contributed by atoms with van der Waals surface area (Å²) in [5, 5.41) is 27.4. The van der Waals surface area contributed by atoms with Crippen LogP contribution < -0.4 is 0 Å². The van der Waals surface area contributed by atoms with Gasteiger partial charge in [0, 0.05) is 11.1 Å². The topological polar surface area (TPSA) is 155 Å². The van der Waals surface area contributed by atoms with Crippen molar-refractivity contribution >= 4 is 29.7 Å². The molecular weight excluding hydrogens is 372 g/mol. The first-order valence-electron chi connectivity index (χ1n) is 7.87. The summed E-state index contributed by atoms with van der Waals surface area (Å²) in [5.41, 5.74) is -1.99.